The van der Waals surface area contributed by atoms with Crippen LogP contribution in [0.1, 0.15) is 21.5 Å². The molecule has 6 heteroatoms. The van der Waals surface area contributed by atoms with Crippen molar-refractivity contribution >= 4 is 51.0 Å². The zero-order valence-electron chi connectivity index (χ0n) is 15.5. The Balaban J connectivity index is 1.75. The molecule has 0 bridgehead atoms. The molecule has 0 N–H and O–H groups in total. The fourth-order valence-electron chi connectivity index (χ4n) is 2.65. The number of methoxy groups -OCH3 is 1. The van der Waals surface area contributed by atoms with Gasteiger partial charge in [0.1, 0.15) is 18.1 Å². The molecule has 0 amide bonds. The lowest BCUT2D eigenvalue weighted by Crippen LogP contribution is -1.99. The number of carbonyl (C=O) groups is 1. The maximum Gasteiger partial charge on any atom is 0.185 e. The third kappa shape index (κ3) is 5.86. The molecule has 0 atom stereocenters. The quantitative estimate of drug-likeness (QED) is 0.258. The minimum absolute atomic E-state index is 0.161. The van der Waals surface area contributed by atoms with E-state index in [-0.39, 0.29) is 5.78 Å². The zero-order chi connectivity index (χ0) is 20.8. The van der Waals surface area contributed by atoms with Crippen LogP contribution in [0.5, 0.6) is 11.5 Å². The second kappa shape index (κ2) is 9.97. The molecule has 0 aliphatic rings. The van der Waals surface area contributed by atoms with Gasteiger partial charge in [-0.15, -0.1) is 0 Å². The van der Waals surface area contributed by atoms with Crippen LogP contribution >= 0.6 is 39.1 Å². The van der Waals surface area contributed by atoms with Crippen LogP contribution in [0.4, 0.5) is 0 Å². The molecule has 0 aromatic heterocycles. The van der Waals surface area contributed by atoms with Gasteiger partial charge in [0.15, 0.2) is 5.78 Å². The average Bonchev–Trinajstić information content (AvgIpc) is 2.72. The summed E-state index contributed by atoms with van der Waals surface area (Å²) in [6.07, 6.45) is 3.24. The molecule has 0 radical (unpaired) electrons. The van der Waals surface area contributed by atoms with Crippen LogP contribution in [0.3, 0.4) is 0 Å². The summed E-state index contributed by atoms with van der Waals surface area (Å²) in [5, 5.41) is 0.764. The van der Waals surface area contributed by atoms with Gasteiger partial charge in [-0.3, -0.25) is 4.79 Å². The first-order valence-electron chi connectivity index (χ1n) is 8.69. The summed E-state index contributed by atoms with van der Waals surface area (Å²) in [6.45, 7) is 0.335. The van der Waals surface area contributed by atoms with E-state index in [1.54, 1.807) is 31.4 Å². The summed E-state index contributed by atoms with van der Waals surface area (Å²) in [5.74, 6) is 1.30. The molecule has 0 aliphatic carbocycles. The SMILES string of the molecule is COc1ccc(/C=C/C(=O)c2ccc(Cl)c(Cl)c2)cc1COc1cccc(Br)c1. The first-order chi connectivity index (χ1) is 14.0. The van der Waals surface area contributed by atoms with E-state index in [1.807, 2.05) is 42.5 Å². The van der Waals surface area contributed by atoms with Gasteiger partial charge in [0, 0.05) is 15.6 Å². The van der Waals surface area contributed by atoms with Crippen molar-refractivity contribution < 1.29 is 14.3 Å². The monoisotopic (exact) mass is 490 g/mol. The fourth-order valence-corrected chi connectivity index (χ4v) is 3.33. The summed E-state index contributed by atoms with van der Waals surface area (Å²) in [7, 11) is 1.61. The van der Waals surface area contributed by atoms with Crippen LogP contribution in [0, 0.1) is 0 Å². The number of rotatable bonds is 7. The van der Waals surface area contributed by atoms with Gasteiger partial charge in [-0.05, 0) is 60.2 Å². The van der Waals surface area contributed by atoms with Crippen molar-refractivity contribution in [2.24, 2.45) is 0 Å². The highest BCUT2D eigenvalue weighted by molar-refractivity contribution is 9.10. The van der Waals surface area contributed by atoms with Crippen LogP contribution in [0.25, 0.3) is 6.08 Å². The molecule has 0 spiro atoms. The Morgan fingerprint density at radius 3 is 2.59 bits per heavy atom. The van der Waals surface area contributed by atoms with Crippen molar-refractivity contribution in [2.45, 2.75) is 6.61 Å². The third-order valence-electron chi connectivity index (χ3n) is 4.13. The standard InChI is InChI=1S/C23H17BrCl2O3/c1-28-23-10-6-15(5-9-22(27)16-7-8-20(25)21(26)12-16)11-17(23)14-29-19-4-2-3-18(24)13-19/h2-13H,14H2,1H3/b9-5+. The maximum atomic E-state index is 12.4. The molecule has 3 rings (SSSR count). The number of benzene rings is 3. The molecule has 0 heterocycles. The molecule has 3 nitrogen and oxygen atoms in total. The Bertz CT molecular complexity index is 1060. The average molecular weight is 492 g/mol. The Labute approximate surface area is 188 Å². The van der Waals surface area contributed by atoms with E-state index in [0.29, 0.717) is 28.0 Å². The molecule has 0 aliphatic heterocycles. The van der Waals surface area contributed by atoms with Crippen LogP contribution in [0.15, 0.2) is 71.2 Å². The Morgan fingerprint density at radius 2 is 1.86 bits per heavy atom. The number of halogens is 3. The van der Waals surface area contributed by atoms with E-state index < -0.39 is 0 Å². The fraction of sp³-hybridized carbons (Fsp3) is 0.0870. The number of hydrogen-bond donors (Lipinski definition) is 0. The van der Waals surface area contributed by atoms with Crippen molar-refractivity contribution in [3.05, 3.63) is 97.9 Å². The highest BCUT2D eigenvalue weighted by atomic mass is 79.9. The third-order valence-corrected chi connectivity index (χ3v) is 5.36. The largest absolute Gasteiger partial charge is 0.496 e. The second-order valence-corrected chi connectivity index (χ2v) is 7.87. The minimum atomic E-state index is -0.161. The smallest absolute Gasteiger partial charge is 0.185 e. The molecule has 0 unspecified atom stereocenters. The van der Waals surface area contributed by atoms with Crippen molar-refractivity contribution in [1.29, 1.82) is 0 Å². The summed E-state index contributed by atoms with van der Waals surface area (Å²) in [6, 6.07) is 18.1. The highest BCUT2D eigenvalue weighted by Crippen LogP contribution is 2.25. The van der Waals surface area contributed by atoms with Gasteiger partial charge in [0.2, 0.25) is 0 Å². The molecule has 0 fully saturated rings. The number of ketones is 1. The second-order valence-electron chi connectivity index (χ2n) is 6.14. The predicted octanol–water partition coefficient (Wildman–Crippen LogP) is 7.24. The van der Waals surface area contributed by atoms with Gasteiger partial charge >= 0.3 is 0 Å². The van der Waals surface area contributed by atoms with Crippen molar-refractivity contribution in [3.63, 3.8) is 0 Å². The van der Waals surface area contributed by atoms with Gasteiger partial charge in [-0.1, -0.05) is 57.3 Å². The lowest BCUT2D eigenvalue weighted by atomic mass is 10.1. The van der Waals surface area contributed by atoms with Crippen molar-refractivity contribution in [1.82, 2.24) is 0 Å². The maximum absolute atomic E-state index is 12.4. The van der Waals surface area contributed by atoms with Gasteiger partial charge < -0.3 is 9.47 Å². The van der Waals surface area contributed by atoms with E-state index in [9.17, 15) is 4.79 Å². The minimum Gasteiger partial charge on any atom is -0.496 e. The van der Waals surface area contributed by atoms with E-state index in [4.69, 9.17) is 32.7 Å². The predicted molar refractivity (Wildman–Crippen MR) is 121 cm³/mol. The molecule has 0 saturated carbocycles. The topological polar surface area (TPSA) is 35.5 Å². The van der Waals surface area contributed by atoms with Gasteiger partial charge in [-0.2, -0.15) is 0 Å². The zero-order valence-corrected chi connectivity index (χ0v) is 18.6. The highest BCUT2D eigenvalue weighted by Gasteiger charge is 2.07. The normalized spacial score (nSPS) is 10.9. The number of ether oxygens (including phenoxy) is 2. The van der Waals surface area contributed by atoms with E-state index in [0.717, 1.165) is 21.3 Å². The van der Waals surface area contributed by atoms with Gasteiger partial charge in [0.25, 0.3) is 0 Å². The Kier molecular flexibility index (Phi) is 7.37. The van der Waals surface area contributed by atoms with E-state index in [2.05, 4.69) is 15.9 Å². The van der Waals surface area contributed by atoms with Gasteiger partial charge in [-0.25, -0.2) is 0 Å². The van der Waals surface area contributed by atoms with Crippen molar-refractivity contribution in [3.8, 4) is 11.5 Å². The van der Waals surface area contributed by atoms with E-state index >= 15 is 0 Å². The lowest BCUT2D eigenvalue weighted by Gasteiger charge is -2.11. The summed E-state index contributed by atoms with van der Waals surface area (Å²) in [5.41, 5.74) is 2.20. The summed E-state index contributed by atoms with van der Waals surface area (Å²) < 4.78 is 12.2. The molecule has 148 valence electrons. The molecule has 3 aromatic rings. The number of carbonyl (C=O) groups excluding carboxylic acids is 1. The van der Waals surface area contributed by atoms with Gasteiger partial charge in [0.05, 0.1) is 17.2 Å². The lowest BCUT2D eigenvalue weighted by molar-refractivity contribution is 0.104. The molecular weight excluding hydrogens is 475 g/mol. The van der Waals surface area contributed by atoms with Crippen LogP contribution < -0.4 is 9.47 Å². The molecular formula is C23H17BrCl2O3. The van der Waals surface area contributed by atoms with Crippen molar-refractivity contribution in [2.75, 3.05) is 7.11 Å². The number of allylic oxidation sites excluding steroid dienone is 1. The molecule has 3 aromatic carbocycles. The summed E-state index contributed by atoms with van der Waals surface area (Å²) >= 11 is 15.3. The molecule has 0 saturated heterocycles. The first-order valence-corrected chi connectivity index (χ1v) is 10.2. The van der Waals surface area contributed by atoms with Crippen LogP contribution in [-0.4, -0.2) is 12.9 Å². The van der Waals surface area contributed by atoms with Crippen LogP contribution in [-0.2, 0) is 6.61 Å². The molecule has 29 heavy (non-hydrogen) atoms. The van der Waals surface area contributed by atoms with Crippen LogP contribution in [0.2, 0.25) is 10.0 Å². The number of hydrogen-bond acceptors (Lipinski definition) is 3. The Morgan fingerprint density at radius 1 is 1.03 bits per heavy atom. The Hall–Kier alpha value is -2.27. The first kappa shape index (κ1) is 21.4. The van der Waals surface area contributed by atoms with E-state index in [1.165, 1.54) is 6.08 Å². The summed E-state index contributed by atoms with van der Waals surface area (Å²) in [4.78, 5) is 12.4.